The summed E-state index contributed by atoms with van der Waals surface area (Å²) in [5, 5.41) is 4.73. The van der Waals surface area contributed by atoms with E-state index < -0.39 is 5.60 Å². The lowest BCUT2D eigenvalue weighted by Crippen LogP contribution is -2.55. The molecular formula is C24H28BrN5O2. The Morgan fingerprint density at radius 1 is 1.06 bits per heavy atom. The number of carbonyl (C=O) groups excluding carboxylic acids is 1. The van der Waals surface area contributed by atoms with E-state index in [0.717, 1.165) is 40.2 Å². The van der Waals surface area contributed by atoms with Crippen LogP contribution in [0.15, 0.2) is 59.5 Å². The summed E-state index contributed by atoms with van der Waals surface area (Å²) in [5.41, 5.74) is 3.52. The molecule has 0 radical (unpaired) electrons. The first kappa shape index (κ1) is 22.3. The van der Waals surface area contributed by atoms with Crippen molar-refractivity contribution in [3.63, 3.8) is 0 Å². The molecule has 1 atom stereocenters. The summed E-state index contributed by atoms with van der Waals surface area (Å²) in [6.45, 7) is 9.91. The molecule has 0 aliphatic carbocycles. The van der Waals surface area contributed by atoms with Crippen LogP contribution in [0, 0.1) is 0 Å². The molecule has 1 fully saturated rings. The highest BCUT2D eigenvalue weighted by molar-refractivity contribution is 9.10. The van der Waals surface area contributed by atoms with Crippen LogP contribution >= 0.6 is 15.9 Å². The van der Waals surface area contributed by atoms with Crippen LogP contribution in [0.2, 0.25) is 0 Å². The summed E-state index contributed by atoms with van der Waals surface area (Å²) in [4.78, 5) is 20.7. The fraction of sp³-hybridized carbons (Fsp3) is 0.375. The van der Waals surface area contributed by atoms with Gasteiger partial charge in [0.05, 0.1) is 10.2 Å². The Morgan fingerprint density at radius 3 is 2.34 bits per heavy atom. The van der Waals surface area contributed by atoms with E-state index in [0.29, 0.717) is 6.54 Å². The molecule has 1 aliphatic rings. The molecule has 0 spiro atoms. The van der Waals surface area contributed by atoms with Crippen LogP contribution in [0.25, 0.3) is 16.9 Å². The predicted octanol–water partition coefficient (Wildman–Crippen LogP) is 5.14. The first-order valence-corrected chi connectivity index (χ1v) is 11.5. The number of hydrogen-bond acceptors (Lipinski definition) is 5. The van der Waals surface area contributed by atoms with Crippen LogP contribution in [0.3, 0.4) is 0 Å². The monoisotopic (exact) mass is 497 g/mol. The molecule has 0 unspecified atom stereocenters. The van der Waals surface area contributed by atoms with Gasteiger partial charge in [-0.25, -0.2) is 9.48 Å². The summed E-state index contributed by atoms with van der Waals surface area (Å²) in [7, 11) is 0. The Kier molecular flexibility index (Phi) is 6.24. The largest absolute Gasteiger partial charge is 0.444 e. The lowest BCUT2D eigenvalue weighted by Gasteiger charge is -2.41. The number of hydrogen-bond donors (Lipinski definition) is 0. The highest BCUT2D eigenvalue weighted by Gasteiger charge is 2.30. The number of pyridine rings is 1. The Morgan fingerprint density at radius 2 is 1.72 bits per heavy atom. The number of aromatic nitrogens is 3. The van der Waals surface area contributed by atoms with Crippen molar-refractivity contribution in [2.75, 3.05) is 24.5 Å². The minimum atomic E-state index is -0.484. The molecule has 2 aromatic heterocycles. The summed E-state index contributed by atoms with van der Waals surface area (Å²) in [5.74, 6) is 0. The zero-order valence-electron chi connectivity index (χ0n) is 18.8. The van der Waals surface area contributed by atoms with E-state index >= 15 is 0 Å². The maximum Gasteiger partial charge on any atom is 0.410 e. The summed E-state index contributed by atoms with van der Waals surface area (Å²) in [6, 6.07) is 12.3. The van der Waals surface area contributed by atoms with Gasteiger partial charge in [-0.3, -0.25) is 4.98 Å². The van der Waals surface area contributed by atoms with E-state index in [1.54, 1.807) is 12.4 Å². The average molecular weight is 498 g/mol. The standard InChI is InChI=1S/C24H28BrN5O2/c1-17-15-28(13-14-29(17)23(31)32-24(2,3)4)19-5-7-20(8-6-19)30-16-21(25)22(27-30)18-9-11-26-12-10-18/h5-12,16-17H,13-15H2,1-4H3/t17-/m0/s1. The van der Waals surface area contributed by atoms with Gasteiger partial charge in [0.2, 0.25) is 0 Å². The van der Waals surface area contributed by atoms with Crippen molar-refractivity contribution < 1.29 is 9.53 Å². The second kappa shape index (κ2) is 8.94. The van der Waals surface area contributed by atoms with Gasteiger partial charge in [-0.1, -0.05) is 0 Å². The first-order valence-electron chi connectivity index (χ1n) is 10.7. The number of nitrogens with zero attached hydrogens (tertiary/aromatic N) is 5. The van der Waals surface area contributed by atoms with Crippen molar-refractivity contribution in [2.24, 2.45) is 0 Å². The predicted molar refractivity (Wildman–Crippen MR) is 129 cm³/mol. The molecule has 1 amide bonds. The Bertz CT molecular complexity index is 1080. The number of ether oxygens (including phenoxy) is 1. The van der Waals surface area contributed by atoms with Gasteiger partial charge in [0.25, 0.3) is 0 Å². The smallest absolute Gasteiger partial charge is 0.410 e. The van der Waals surface area contributed by atoms with Gasteiger partial charge in [-0.2, -0.15) is 5.10 Å². The molecule has 3 heterocycles. The molecule has 1 aromatic carbocycles. The van der Waals surface area contributed by atoms with E-state index in [-0.39, 0.29) is 12.1 Å². The van der Waals surface area contributed by atoms with Gasteiger partial charge in [-0.05, 0) is 80.0 Å². The van der Waals surface area contributed by atoms with Crippen molar-refractivity contribution in [2.45, 2.75) is 39.3 Å². The van der Waals surface area contributed by atoms with Gasteiger partial charge in [0, 0.05) is 55.5 Å². The molecule has 1 saturated heterocycles. The second-order valence-corrected chi connectivity index (χ2v) is 9.85. The number of halogens is 1. The number of benzene rings is 1. The van der Waals surface area contributed by atoms with Gasteiger partial charge < -0.3 is 14.5 Å². The highest BCUT2D eigenvalue weighted by atomic mass is 79.9. The highest BCUT2D eigenvalue weighted by Crippen LogP contribution is 2.28. The Labute approximate surface area is 197 Å². The Hall–Kier alpha value is -2.87. The summed E-state index contributed by atoms with van der Waals surface area (Å²) < 4.78 is 8.35. The molecule has 0 N–H and O–H groups in total. The summed E-state index contributed by atoms with van der Waals surface area (Å²) >= 11 is 3.62. The molecule has 168 valence electrons. The molecule has 8 heteroatoms. The van der Waals surface area contributed by atoms with Gasteiger partial charge in [0.1, 0.15) is 11.3 Å². The van der Waals surface area contributed by atoms with Crippen molar-refractivity contribution in [3.05, 3.63) is 59.5 Å². The number of carbonyl (C=O) groups is 1. The third-order valence-electron chi connectivity index (χ3n) is 5.36. The average Bonchev–Trinajstić information content (AvgIpc) is 3.15. The SMILES string of the molecule is C[C@H]1CN(c2ccc(-n3cc(Br)c(-c4ccncc4)n3)cc2)CCN1C(=O)OC(C)(C)C. The zero-order valence-corrected chi connectivity index (χ0v) is 20.4. The third-order valence-corrected chi connectivity index (χ3v) is 5.94. The molecule has 0 bridgehead atoms. The number of amides is 1. The van der Waals surface area contributed by atoms with Crippen LogP contribution in [-0.2, 0) is 4.74 Å². The fourth-order valence-electron chi connectivity index (χ4n) is 3.79. The molecule has 7 nitrogen and oxygen atoms in total. The van der Waals surface area contributed by atoms with Gasteiger partial charge in [0.15, 0.2) is 0 Å². The quantitative estimate of drug-likeness (QED) is 0.500. The molecule has 4 rings (SSSR count). The molecular weight excluding hydrogens is 470 g/mol. The van der Waals surface area contributed by atoms with E-state index in [2.05, 4.69) is 57.0 Å². The van der Waals surface area contributed by atoms with Gasteiger partial charge >= 0.3 is 6.09 Å². The minimum absolute atomic E-state index is 0.0725. The minimum Gasteiger partial charge on any atom is -0.444 e. The van der Waals surface area contributed by atoms with Crippen LogP contribution < -0.4 is 4.90 Å². The third kappa shape index (κ3) is 4.96. The topological polar surface area (TPSA) is 63.5 Å². The zero-order chi connectivity index (χ0) is 22.9. The van der Waals surface area contributed by atoms with Crippen molar-refractivity contribution in [1.29, 1.82) is 0 Å². The second-order valence-electron chi connectivity index (χ2n) is 8.99. The fourth-order valence-corrected chi connectivity index (χ4v) is 4.29. The normalized spacial score (nSPS) is 16.8. The van der Waals surface area contributed by atoms with Crippen molar-refractivity contribution in [1.82, 2.24) is 19.7 Å². The van der Waals surface area contributed by atoms with Crippen LogP contribution in [-0.4, -0.2) is 57.0 Å². The number of anilines is 1. The van der Waals surface area contributed by atoms with Crippen LogP contribution in [0.5, 0.6) is 0 Å². The lowest BCUT2D eigenvalue weighted by molar-refractivity contribution is 0.0159. The number of rotatable bonds is 3. The van der Waals surface area contributed by atoms with Crippen molar-refractivity contribution >= 4 is 27.7 Å². The molecule has 0 saturated carbocycles. The summed E-state index contributed by atoms with van der Waals surface area (Å²) in [6.07, 6.45) is 5.25. The van der Waals surface area contributed by atoms with E-state index in [1.807, 2.05) is 48.7 Å². The van der Waals surface area contributed by atoms with E-state index in [9.17, 15) is 4.79 Å². The molecule has 32 heavy (non-hydrogen) atoms. The molecule has 1 aliphatic heterocycles. The number of piperazine rings is 1. The van der Waals surface area contributed by atoms with Crippen molar-refractivity contribution in [3.8, 4) is 16.9 Å². The lowest BCUT2D eigenvalue weighted by atomic mass is 10.1. The first-order chi connectivity index (χ1) is 15.2. The maximum atomic E-state index is 12.5. The maximum absolute atomic E-state index is 12.5. The van der Waals surface area contributed by atoms with E-state index in [4.69, 9.17) is 9.84 Å². The Balaban J connectivity index is 1.44. The van der Waals surface area contributed by atoms with Crippen LogP contribution in [0.1, 0.15) is 27.7 Å². The van der Waals surface area contributed by atoms with Crippen LogP contribution in [0.4, 0.5) is 10.5 Å². The van der Waals surface area contributed by atoms with Gasteiger partial charge in [-0.15, -0.1) is 0 Å². The molecule has 3 aromatic rings. The van der Waals surface area contributed by atoms with E-state index in [1.165, 1.54) is 0 Å².